The van der Waals surface area contributed by atoms with Crippen LogP contribution >= 0.6 is 11.8 Å². The SMILES string of the molecule is Cc1nc([N+](=O)[O-])c(SCC(C)CO)n1C. The number of hydrogen-bond donors (Lipinski definition) is 1. The molecule has 0 amide bonds. The fraction of sp³-hybridized carbons (Fsp3) is 0.667. The van der Waals surface area contributed by atoms with E-state index >= 15 is 0 Å². The van der Waals surface area contributed by atoms with Crippen LogP contribution in [0.3, 0.4) is 0 Å². The molecule has 6 nitrogen and oxygen atoms in total. The largest absolute Gasteiger partial charge is 0.396 e. The van der Waals surface area contributed by atoms with Crippen LogP contribution in [0.4, 0.5) is 5.82 Å². The molecule has 0 aliphatic carbocycles. The quantitative estimate of drug-likeness (QED) is 0.481. The molecular weight excluding hydrogens is 230 g/mol. The minimum absolute atomic E-state index is 0.0810. The number of nitro groups is 1. The molecule has 7 heteroatoms. The van der Waals surface area contributed by atoms with Gasteiger partial charge in [0.05, 0.1) is 0 Å². The Balaban J connectivity index is 2.89. The van der Waals surface area contributed by atoms with Crippen LogP contribution in [0.5, 0.6) is 0 Å². The molecule has 1 aromatic heterocycles. The lowest BCUT2D eigenvalue weighted by atomic mass is 10.2. The minimum atomic E-state index is -0.473. The lowest BCUT2D eigenvalue weighted by molar-refractivity contribution is -0.392. The number of aliphatic hydroxyl groups is 1. The van der Waals surface area contributed by atoms with Gasteiger partial charge in [-0.2, -0.15) is 0 Å². The maximum Gasteiger partial charge on any atom is 0.396 e. The third kappa shape index (κ3) is 2.73. The molecule has 0 fully saturated rings. The number of hydrogen-bond acceptors (Lipinski definition) is 5. The Labute approximate surface area is 97.8 Å². The van der Waals surface area contributed by atoms with Crippen LogP contribution in [-0.4, -0.2) is 31.9 Å². The van der Waals surface area contributed by atoms with E-state index in [2.05, 4.69) is 4.98 Å². The van der Waals surface area contributed by atoms with Crippen LogP contribution < -0.4 is 0 Å². The van der Waals surface area contributed by atoms with Crippen molar-refractivity contribution in [1.29, 1.82) is 0 Å². The van der Waals surface area contributed by atoms with Crippen LogP contribution in [0.15, 0.2) is 5.03 Å². The first-order chi connectivity index (χ1) is 7.47. The van der Waals surface area contributed by atoms with E-state index in [-0.39, 0.29) is 18.3 Å². The molecule has 0 saturated heterocycles. The van der Waals surface area contributed by atoms with Crippen LogP contribution in [0.1, 0.15) is 12.7 Å². The molecule has 0 spiro atoms. The van der Waals surface area contributed by atoms with Crippen molar-refractivity contribution in [3.63, 3.8) is 0 Å². The van der Waals surface area contributed by atoms with E-state index < -0.39 is 4.92 Å². The Hall–Kier alpha value is -1.08. The summed E-state index contributed by atoms with van der Waals surface area (Å²) in [6.07, 6.45) is 0. The zero-order valence-electron chi connectivity index (χ0n) is 9.51. The monoisotopic (exact) mass is 245 g/mol. The third-order valence-electron chi connectivity index (χ3n) is 2.24. The Bertz CT molecular complexity index is 392. The second kappa shape index (κ2) is 5.31. The Morgan fingerprint density at radius 2 is 2.31 bits per heavy atom. The molecule has 0 aromatic carbocycles. The van der Waals surface area contributed by atoms with Gasteiger partial charge in [0.1, 0.15) is 0 Å². The molecule has 0 aliphatic rings. The maximum atomic E-state index is 10.8. The van der Waals surface area contributed by atoms with Crippen molar-refractivity contribution in [2.75, 3.05) is 12.4 Å². The van der Waals surface area contributed by atoms with Gasteiger partial charge in [-0.1, -0.05) is 18.7 Å². The summed E-state index contributed by atoms with van der Waals surface area (Å²) < 4.78 is 1.70. The number of thioether (sulfide) groups is 1. The van der Waals surface area contributed by atoms with Crippen molar-refractivity contribution in [2.45, 2.75) is 18.9 Å². The Kier molecular flexibility index (Phi) is 4.31. The maximum absolute atomic E-state index is 10.8. The van der Waals surface area contributed by atoms with Gasteiger partial charge in [0.2, 0.25) is 5.82 Å². The summed E-state index contributed by atoms with van der Waals surface area (Å²) in [7, 11) is 1.75. The molecule has 1 N–H and O–H groups in total. The lowest BCUT2D eigenvalue weighted by Crippen LogP contribution is -2.05. The van der Waals surface area contributed by atoms with Crippen molar-refractivity contribution in [3.05, 3.63) is 15.9 Å². The molecule has 0 aliphatic heterocycles. The first kappa shape index (κ1) is 13.0. The van der Waals surface area contributed by atoms with E-state index in [9.17, 15) is 10.1 Å². The first-order valence-corrected chi connectivity index (χ1v) is 5.87. The fourth-order valence-electron chi connectivity index (χ4n) is 1.13. The highest BCUT2D eigenvalue weighted by molar-refractivity contribution is 7.99. The summed E-state index contributed by atoms with van der Waals surface area (Å²) in [6.45, 7) is 3.70. The number of aryl methyl sites for hydroxylation is 1. The average Bonchev–Trinajstić information content (AvgIpc) is 2.53. The first-order valence-electron chi connectivity index (χ1n) is 4.88. The highest BCUT2D eigenvalue weighted by Crippen LogP contribution is 2.30. The molecule has 1 heterocycles. The number of aromatic nitrogens is 2. The summed E-state index contributed by atoms with van der Waals surface area (Å²) >= 11 is 1.35. The second-order valence-electron chi connectivity index (χ2n) is 3.70. The van der Waals surface area contributed by atoms with Crippen LogP contribution in [0, 0.1) is 23.0 Å². The lowest BCUT2D eigenvalue weighted by Gasteiger charge is -2.06. The second-order valence-corrected chi connectivity index (χ2v) is 4.71. The van der Waals surface area contributed by atoms with Crippen molar-refractivity contribution >= 4 is 17.6 Å². The topological polar surface area (TPSA) is 81.2 Å². The van der Waals surface area contributed by atoms with Gasteiger partial charge in [0.15, 0.2) is 5.03 Å². The molecule has 16 heavy (non-hydrogen) atoms. The van der Waals surface area contributed by atoms with Gasteiger partial charge < -0.3 is 15.2 Å². The van der Waals surface area contributed by atoms with E-state index in [1.165, 1.54) is 11.8 Å². The van der Waals surface area contributed by atoms with Crippen molar-refractivity contribution in [2.24, 2.45) is 13.0 Å². The Morgan fingerprint density at radius 3 is 2.81 bits per heavy atom. The van der Waals surface area contributed by atoms with E-state index in [1.807, 2.05) is 6.92 Å². The predicted octanol–water partition coefficient (Wildman–Crippen LogP) is 1.36. The Morgan fingerprint density at radius 1 is 1.69 bits per heavy atom. The highest BCUT2D eigenvalue weighted by atomic mass is 32.2. The molecule has 90 valence electrons. The summed E-state index contributed by atoms with van der Waals surface area (Å²) in [5.41, 5.74) is 0. The average molecular weight is 245 g/mol. The summed E-state index contributed by atoms with van der Waals surface area (Å²) in [4.78, 5) is 14.2. The molecule has 1 unspecified atom stereocenters. The zero-order valence-corrected chi connectivity index (χ0v) is 10.3. The van der Waals surface area contributed by atoms with Crippen molar-refractivity contribution in [3.8, 4) is 0 Å². The van der Waals surface area contributed by atoms with Crippen molar-refractivity contribution in [1.82, 2.24) is 9.55 Å². The van der Waals surface area contributed by atoms with Crippen LogP contribution in [-0.2, 0) is 7.05 Å². The van der Waals surface area contributed by atoms with E-state index in [0.29, 0.717) is 16.6 Å². The third-order valence-corrected chi connectivity index (χ3v) is 3.70. The molecule has 1 aromatic rings. The molecule has 0 radical (unpaired) electrons. The van der Waals surface area contributed by atoms with E-state index in [1.54, 1.807) is 18.5 Å². The molecule has 1 atom stereocenters. The molecule has 0 bridgehead atoms. The number of nitrogens with zero attached hydrogens (tertiary/aromatic N) is 3. The van der Waals surface area contributed by atoms with Gasteiger partial charge in [0, 0.05) is 26.3 Å². The minimum Gasteiger partial charge on any atom is -0.396 e. The van der Waals surface area contributed by atoms with Gasteiger partial charge in [-0.15, -0.1) is 0 Å². The standard InChI is InChI=1S/C9H15N3O3S/c1-6(4-13)5-16-9-8(12(14)15)10-7(2)11(9)3/h6,13H,4-5H2,1-3H3. The van der Waals surface area contributed by atoms with Gasteiger partial charge in [-0.3, -0.25) is 4.57 Å². The normalized spacial score (nSPS) is 12.8. The van der Waals surface area contributed by atoms with E-state index in [0.717, 1.165) is 0 Å². The zero-order chi connectivity index (χ0) is 12.3. The molecule has 0 saturated carbocycles. The summed E-state index contributed by atoms with van der Waals surface area (Å²) in [5.74, 6) is 1.26. The van der Waals surface area contributed by atoms with Crippen LogP contribution in [0.25, 0.3) is 0 Å². The van der Waals surface area contributed by atoms with Gasteiger partial charge in [-0.05, 0) is 15.8 Å². The number of aliphatic hydroxyl groups excluding tert-OH is 1. The highest BCUT2D eigenvalue weighted by Gasteiger charge is 2.24. The summed E-state index contributed by atoms with van der Waals surface area (Å²) in [6, 6.07) is 0. The fourth-order valence-corrected chi connectivity index (χ4v) is 2.25. The van der Waals surface area contributed by atoms with Gasteiger partial charge in [-0.25, -0.2) is 0 Å². The van der Waals surface area contributed by atoms with E-state index in [4.69, 9.17) is 5.11 Å². The summed E-state index contributed by atoms with van der Waals surface area (Å²) in [5, 5.41) is 20.2. The smallest absolute Gasteiger partial charge is 0.396 e. The van der Waals surface area contributed by atoms with Crippen molar-refractivity contribution < 1.29 is 10.0 Å². The van der Waals surface area contributed by atoms with Crippen LogP contribution in [0.2, 0.25) is 0 Å². The number of imidazole rings is 1. The molecular formula is C9H15N3O3S. The molecule has 1 rings (SSSR count). The predicted molar refractivity (Wildman–Crippen MR) is 61.6 cm³/mol. The van der Waals surface area contributed by atoms with Gasteiger partial charge >= 0.3 is 5.82 Å². The van der Waals surface area contributed by atoms with Gasteiger partial charge in [0.25, 0.3) is 0 Å². The number of rotatable bonds is 5.